The fourth-order valence-corrected chi connectivity index (χ4v) is 3.94. The Morgan fingerprint density at radius 2 is 1.79 bits per heavy atom. The Balaban J connectivity index is 1.76. The lowest BCUT2D eigenvalue weighted by Crippen LogP contribution is -2.48. The minimum atomic E-state index is -2.97. The molecule has 1 unspecified atom stereocenters. The van der Waals surface area contributed by atoms with Gasteiger partial charge in [0.2, 0.25) is 5.91 Å². The maximum absolute atomic E-state index is 13.3. The zero-order chi connectivity index (χ0) is 23.8. The van der Waals surface area contributed by atoms with Gasteiger partial charge in [-0.2, -0.15) is 8.78 Å². The van der Waals surface area contributed by atoms with Crippen molar-refractivity contribution in [3.05, 3.63) is 82.0 Å². The smallest absolute Gasteiger partial charge is 0.387 e. The molecule has 33 heavy (non-hydrogen) atoms. The second-order valence-electron chi connectivity index (χ2n) is 7.25. The van der Waals surface area contributed by atoms with Gasteiger partial charge in [-0.25, -0.2) is 0 Å². The summed E-state index contributed by atoms with van der Waals surface area (Å²) in [6.07, 6.45) is 0.325. The third-order valence-electron chi connectivity index (χ3n) is 4.87. The summed E-state index contributed by atoms with van der Waals surface area (Å²) in [4.78, 5) is 27.9. The number of carbonyl (C=O) groups excluding carboxylic acids is 2. The summed E-state index contributed by atoms with van der Waals surface area (Å²) in [5.74, 6) is -0.547. The van der Waals surface area contributed by atoms with Crippen LogP contribution in [0, 0.1) is 0 Å². The number of hydrogen-bond acceptors (Lipinski definition) is 5. The lowest BCUT2D eigenvalue weighted by Gasteiger charge is -2.25. The van der Waals surface area contributed by atoms with Gasteiger partial charge in [0.25, 0.3) is 5.91 Å². The molecule has 0 saturated heterocycles. The van der Waals surface area contributed by atoms with Gasteiger partial charge in [-0.05, 0) is 34.7 Å². The number of benzene rings is 2. The van der Waals surface area contributed by atoms with Crippen molar-refractivity contribution in [2.45, 2.75) is 25.6 Å². The third kappa shape index (κ3) is 6.76. The highest BCUT2D eigenvalue weighted by Crippen LogP contribution is 2.30. The summed E-state index contributed by atoms with van der Waals surface area (Å²) < 4.78 is 34.7. The molecule has 6 nitrogen and oxygen atoms in total. The predicted octanol–water partition coefficient (Wildman–Crippen LogP) is 4.36. The van der Waals surface area contributed by atoms with Crippen molar-refractivity contribution in [2.24, 2.45) is 0 Å². The molecular formula is C24H24F2N2O4S. The molecule has 174 valence electrons. The van der Waals surface area contributed by atoms with Gasteiger partial charge in [-0.3, -0.25) is 9.59 Å². The van der Waals surface area contributed by atoms with Crippen LogP contribution in [0.4, 0.5) is 8.78 Å². The van der Waals surface area contributed by atoms with Crippen LogP contribution >= 0.6 is 11.3 Å². The second-order valence-corrected chi connectivity index (χ2v) is 8.20. The average molecular weight is 475 g/mol. The zero-order valence-corrected chi connectivity index (χ0v) is 19.0. The van der Waals surface area contributed by atoms with Gasteiger partial charge in [0.1, 0.15) is 6.04 Å². The quantitative estimate of drug-likeness (QED) is 0.474. The number of nitrogens with one attached hydrogen (secondary N) is 1. The van der Waals surface area contributed by atoms with Crippen LogP contribution in [0.15, 0.2) is 66.0 Å². The van der Waals surface area contributed by atoms with E-state index in [9.17, 15) is 18.4 Å². The van der Waals surface area contributed by atoms with Crippen molar-refractivity contribution < 1.29 is 27.8 Å². The number of nitrogens with zero attached hydrogens (tertiary/aromatic N) is 1. The standard InChI is InChI=1S/C24H24F2N2O4S/c1-28(15-17-10-11-19(32-24(25)26)20(14-17)31-2)23(30)18(13-16-7-4-3-5-8-16)27-22(29)21-9-6-12-33-21/h3-12,14,18,24H,13,15H2,1-2H3,(H,27,29). The SMILES string of the molecule is COc1cc(CN(C)C(=O)C(Cc2ccccc2)NC(=O)c2cccs2)ccc1OC(F)F. The zero-order valence-electron chi connectivity index (χ0n) is 18.2. The number of alkyl halides is 2. The molecule has 0 aliphatic heterocycles. The number of thiophene rings is 1. The van der Waals surface area contributed by atoms with E-state index in [2.05, 4.69) is 10.1 Å². The molecular weight excluding hydrogens is 450 g/mol. The third-order valence-corrected chi connectivity index (χ3v) is 5.74. The molecule has 0 radical (unpaired) electrons. The topological polar surface area (TPSA) is 67.9 Å². The van der Waals surface area contributed by atoms with Gasteiger partial charge in [0.05, 0.1) is 12.0 Å². The second kappa shape index (κ2) is 11.4. The van der Waals surface area contributed by atoms with Crippen molar-refractivity contribution in [1.29, 1.82) is 0 Å². The van der Waals surface area contributed by atoms with Gasteiger partial charge in [-0.1, -0.05) is 42.5 Å². The first-order chi connectivity index (χ1) is 15.9. The molecule has 0 saturated carbocycles. The minimum absolute atomic E-state index is 0.0876. The lowest BCUT2D eigenvalue weighted by atomic mass is 10.0. The highest BCUT2D eigenvalue weighted by atomic mass is 32.1. The van der Waals surface area contributed by atoms with E-state index in [4.69, 9.17) is 4.74 Å². The normalized spacial score (nSPS) is 11.7. The molecule has 1 N–H and O–H groups in total. The Hall–Kier alpha value is -3.46. The van der Waals surface area contributed by atoms with Crippen molar-refractivity contribution in [1.82, 2.24) is 10.2 Å². The van der Waals surface area contributed by atoms with Crippen LogP contribution in [0.2, 0.25) is 0 Å². The fraction of sp³-hybridized carbons (Fsp3) is 0.250. The molecule has 0 bridgehead atoms. The number of hydrogen-bond donors (Lipinski definition) is 1. The molecule has 0 aliphatic carbocycles. The summed E-state index contributed by atoms with van der Waals surface area (Å²) in [6, 6.07) is 16.6. The van der Waals surface area contributed by atoms with E-state index in [0.717, 1.165) is 5.56 Å². The van der Waals surface area contributed by atoms with Gasteiger partial charge < -0.3 is 19.7 Å². The predicted molar refractivity (Wildman–Crippen MR) is 122 cm³/mol. The van der Waals surface area contributed by atoms with Crippen molar-refractivity contribution in [3.63, 3.8) is 0 Å². The first-order valence-electron chi connectivity index (χ1n) is 10.1. The van der Waals surface area contributed by atoms with Gasteiger partial charge in [-0.15, -0.1) is 11.3 Å². The maximum atomic E-state index is 13.3. The summed E-state index contributed by atoms with van der Waals surface area (Å²) in [5, 5.41) is 4.64. The van der Waals surface area contributed by atoms with Crippen LogP contribution in [-0.4, -0.2) is 43.5 Å². The molecule has 1 atom stereocenters. The van der Waals surface area contributed by atoms with E-state index < -0.39 is 12.7 Å². The summed E-state index contributed by atoms with van der Waals surface area (Å²) in [7, 11) is 2.97. The molecule has 0 fully saturated rings. The van der Waals surface area contributed by atoms with Crippen molar-refractivity contribution in [2.75, 3.05) is 14.2 Å². The Morgan fingerprint density at radius 3 is 2.42 bits per heavy atom. The van der Waals surface area contributed by atoms with Crippen LogP contribution in [-0.2, 0) is 17.8 Å². The van der Waals surface area contributed by atoms with Gasteiger partial charge >= 0.3 is 6.61 Å². The number of rotatable bonds is 10. The van der Waals surface area contributed by atoms with E-state index in [1.807, 2.05) is 30.3 Å². The molecule has 2 aromatic carbocycles. The van der Waals surface area contributed by atoms with Gasteiger partial charge in [0.15, 0.2) is 11.5 Å². The fourth-order valence-electron chi connectivity index (χ4n) is 3.31. The van der Waals surface area contributed by atoms with E-state index >= 15 is 0 Å². The summed E-state index contributed by atoms with van der Waals surface area (Å²) >= 11 is 1.30. The molecule has 1 aromatic heterocycles. The Labute approximate surface area is 194 Å². The number of amides is 2. The molecule has 0 aliphatic rings. The molecule has 0 spiro atoms. The first-order valence-corrected chi connectivity index (χ1v) is 11.0. The van der Waals surface area contributed by atoms with Crippen LogP contribution < -0.4 is 14.8 Å². The Kier molecular flexibility index (Phi) is 8.37. The van der Waals surface area contributed by atoms with E-state index in [-0.39, 0.29) is 29.9 Å². The van der Waals surface area contributed by atoms with Crippen molar-refractivity contribution >= 4 is 23.2 Å². The van der Waals surface area contributed by atoms with E-state index in [1.54, 1.807) is 30.6 Å². The van der Waals surface area contributed by atoms with Gasteiger partial charge in [0, 0.05) is 20.0 Å². The highest BCUT2D eigenvalue weighted by molar-refractivity contribution is 7.12. The number of methoxy groups -OCH3 is 1. The number of likely N-dealkylation sites (N-methyl/N-ethyl adjacent to an activating group) is 1. The van der Waals surface area contributed by atoms with Crippen LogP contribution in [0.5, 0.6) is 11.5 Å². The lowest BCUT2D eigenvalue weighted by molar-refractivity contribution is -0.132. The van der Waals surface area contributed by atoms with Crippen LogP contribution in [0.25, 0.3) is 0 Å². The molecule has 3 aromatic rings. The summed E-state index contributed by atoms with van der Waals surface area (Å²) in [5.41, 5.74) is 1.57. The number of carbonyl (C=O) groups is 2. The van der Waals surface area contributed by atoms with E-state index in [0.29, 0.717) is 16.9 Å². The number of halogens is 2. The molecule has 9 heteroatoms. The van der Waals surface area contributed by atoms with Crippen LogP contribution in [0.1, 0.15) is 20.8 Å². The van der Waals surface area contributed by atoms with E-state index in [1.165, 1.54) is 35.5 Å². The molecule has 1 heterocycles. The van der Waals surface area contributed by atoms with Crippen LogP contribution in [0.3, 0.4) is 0 Å². The minimum Gasteiger partial charge on any atom is -0.493 e. The molecule has 2 amide bonds. The first kappa shape index (κ1) is 24.2. The largest absolute Gasteiger partial charge is 0.493 e. The Bertz CT molecular complexity index is 1060. The summed E-state index contributed by atoms with van der Waals surface area (Å²) in [6.45, 7) is -2.79. The maximum Gasteiger partial charge on any atom is 0.387 e. The molecule has 3 rings (SSSR count). The average Bonchev–Trinajstić information content (AvgIpc) is 3.34. The Morgan fingerprint density at radius 1 is 1.03 bits per heavy atom. The highest BCUT2D eigenvalue weighted by Gasteiger charge is 2.25. The van der Waals surface area contributed by atoms with Crippen molar-refractivity contribution in [3.8, 4) is 11.5 Å². The number of ether oxygens (including phenoxy) is 2. The monoisotopic (exact) mass is 474 g/mol.